The molecular weight excluding hydrogens is 392 g/mol. The first-order valence-electron chi connectivity index (χ1n) is 11.3. The molecule has 1 atom stereocenters. The average molecular weight is 421 g/mol. The Labute approximate surface area is 190 Å². The summed E-state index contributed by atoms with van der Waals surface area (Å²) in [5, 5.41) is 0. The van der Waals surface area contributed by atoms with Crippen LogP contribution in [0, 0.1) is 6.92 Å². The molecule has 0 radical (unpaired) electrons. The normalized spacial score (nSPS) is 15.2. The third-order valence-corrected chi connectivity index (χ3v) is 6.29. The number of pyridine rings is 1. The minimum absolute atomic E-state index is 0.297. The summed E-state index contributed by atoms with van der Waals surface area (Å²) in [6, 6.07) is 30.3. The summed E-state index contributed by atoms with van der Waals surface area (Å²) in [5.41, 5.74) is 7.63. The van der Waals surface area contributed by atoms with Gasteiger partial charge in [0.25, 0.3) is 0 Å². The molecule has 2 heterocycles. The van der Waals surface area contributed by atoms with E-state index in [0.29, 0.717) is 12.6 Å². The summed E-state index contributed by atoms with van der Waals surface area (Å²) < 4.78 is 6.34. The highest BCUT2D eigenvalue weighted by Gasteiger charge is 2.28. The molecule has 3 aromatic carbocycles. The van der Waals surface area contributed by atoms with E-state index >= 15 is 0 Å². The molecule has 1 aromatic heterocycles. The fraction of sp³-hybridized carbons (Fsp3) is 0.207. The molecule has 4 aromatic rings. The van der Waals surface area contributed by atoms with Gasteiger partial charge in [-0.25, -0.2) is 0 Å². The molecule has 0 spiro atoms. The van der Waals surface area contributed by atoms with Gasteiger partial charge in [0.2, 0.25) is 0 Å². The van der Waals surface area contributed by atoms with Crippen LogP contribution in [0.3, 0.4) is 0 Å². The summed E-state index contributed by atoms with van der Waals surface area (Å²) in [6.45, 7) is 4.62. The second kappa shape index (κ2) is 9.37. The smallest absolute Gasteiger partial charge is 0.123 e. The number of fused-ring (bicyclic) bond motifs is 1. The Morgan fingerprint density at radius 3 is 2.16 bits per heavy atom. The molecule has 0 amide bonds. The number of benzene rings is 3. The van der Waals surface area contributed by atoms with Crippen molar-refractivity contribution in [2.75, 3.05) is 6.61 Å². The predicted molar refractivity (Wildman–Crippen MR) is 130 cm³/mol. The maximum absolute atomic E-state index is 6.34. The molecule has 32 heavy (non-hydrogen) atoms. The molecule has 0 aliphatic carbocycles. The molecule has 0 saturated heterocycles. The van der Waals surface area contributed by atoms with E-state index in [0.717, 1.165) is 25.3 Å². The van der Waals surface area contributed by atoms with E-state index in [2.05, 4.69) is 102 Å². The zero-order chi connectivity index (χ0) is 21.8. The van der Waals surface area contributed by atoms with E-state index in [-0.39, 0.29) is 0 Å². The minimum Gasteiger partial charge on any atom is -0.492 e. The van der Waals surface area contributed by atoms with Crippen LogP contribution >= 0.6 is 0 Å². The van der Waals surface area contributed by atoms with Gasteiger partial charge >= 0.3 is 0 Å². The Hall–Kier alpha value is -3.43. The molecule has 0 unspecified atom stereocenters. The summed E-state index contributed by atoms with van der Waals surface area (Å²) in [7, 11) is 0. The van der Waals surface area contributed by atoms with Gasteiger partial charge in [-0.2, -0.15) is 0 Å². The van der Waals surface area contributed by atoms with Crippen molar-refractivity contribution < 1.29 is 4.74 Å². The number of hydrogen-bond acceptors (Lipinski definition) is 3. The maximum atomic E-state index is 6.34. The first-order chi connectivity index (χ1) is 15.8. The van der Waals surface area contributed by atoms with Crippen LogP contribution in [0.4, 0.5) is 0 Å². The topological polar surface area (TPSA) is 25.4 Å². The van der Waals surface area contributed by atoms with Crippen LogP contribution in [-0.4, -0.2) is 22.5 Å². The van der Waals surface area contributed by atoms with Crippen LogP contribution in [0.2, 0.25) is 0 Å². The van der Waals surface area contributed by atoms with Gasteiger partial charge in [0, 0.05) is 37.1 Å². The maximum Gasteiger partial charge on any atom is 0.123 e. The largest absolute Gasteiger partial charge is 0.492 e. The number of nitrogens with zero attached hydrogens (tertiary/aromatic N) is 2. The molecule has 160 valence electrons. The Kier molecular flexibility index (Phi) is 6.00. The molecular formula is C29H28N2O. The van der Waals surface area contributed by atoms with E-state index in [1.807, 2.05) is 12.4 Å². The van der Waals surface area contributed by atoms with Gasteiger partial charge in [-0.15, -0.1) is 0 Å². The summed E-state index contributed by atoms with van der Waals surface area (Å²) in [6.07, 6.45) is 4.78. The van der Waals surface area contributed by atoms with E-state index in [9.17, 15) is 0 Å². The van der Waals surface area contributed by atoms with Crippen molar-refractivity contribution in [3.63, 3.8) is 0 Å². The van der Waals surface area contributed by atoms with Crippen LogP contribution in [0.25, 0.3) is 11.1 Å². The zero-order valence-electron chi connectivity index (χ0n) is 18.4. The molecule has 0 bridgehead atoms. The van der Waals surface area contributed by atoms with Crippen LogP contribution in [-0.2, 0) is 19.5 Å². The summed E-state index contributed by atoms with van der Waals surface area (Å²) >= 11 is 0. The van der Waals surface area contributed by atoms with Crippen molar-refractivity contribution in [1.29, 1.82) is 0 Å². The fourth-order valence-electron chi connectivity index (χ4n) is 4.60. The van der Waals surface area contributed by atoms with Gasteiger partial charge in [-0.3, -0.25) is 9.88 Å². The number of ether oxygens (including phenoxy) is 1. The third kappa shape index (κ3) is 4.44. The van der Waals surface area contributed by atoms with Crippen molar-refractivity contribution in [3.05, 3.63) is 120 Å². The van der Waals surface area contributed by atoms with Crippen molar-refractivity contribution in [2.45, 2.75) is 32.5 Å². The molecule has 5 rings (SSSR count). The zero-order valence-corrected chi connectivity index (χ0v) is 18.4. The van der Waals surface area contributed by atoms with E-state index in [1.54, 1.807) is 0 Å². The Morgan fingerprint density at radius 2 is 1.50 bits per heavy atom. The average Bonchev–Trinajstić information content (AvgIpc) is 2.85. The first-order valence-corrected chi connectivity index (χ1v) is 11.3. The van der Waals surface area contributed by atoms with E-state index < -0.39 is 0 Å². The number of hydrogen-bond donors (Lipinski definition) is 0. The van der Waals surface area contributed by atoms with Gasteiger partial charge in [0.05, 0.1) is 0 Å². The molecule has 0 fully saturated rings. The van der Waals surface area contributed by atoms with E-state index in [4.69, 9.17) is 4.74 Å². The first kappa shape index (κ1) is 20.5. The number of rotatable bonds is 6. The summed E-state index contributed by atoms with van der Waals surface area (Å²) in [4.78, 5) is 6.84. The van der Waals surface area contributed by atoms with Gasteiger partial charge < -0.3 is 4.74 Å². The lowest BCUT2D eigenvalue weighted by molar-refractivity contribution is 0.106. The van der Waals surface area contributed by atoms with Crippen LogP contribution in [0.15, 0.2) is 97.3 Å². The lowest BCUT2D eigenvalue weighted by Gasteiger charge is -2.36. The van der Waals surface area contributed by atoms with Gasteiger partial charge in [-0.1, -0.05) is 72.8 Å². The summed E-state index contributed by atoms with van der Waals surface area (Å²) in [5.74, 6) is 1.01. The lowest BCUT2D eigenvalue weighted by atomic mass is 9.91. The SMILES string of the molecule is Cc1cnccc1-c1cccc2c1C[C@H](N(Cc1ccccc1)Cc1ccccc1)CO2. The second-order valence-electron chi connectivity index (χ2n) is 8.52. The fourth-order valence-corrected chi connectivity index (χ4v) is 4.60. The lowest BCUT2D eigenvalue weighted by Crippen LogP contribution is -2.42. The third-order valence-electron chi connectivity index (χ3n) is 6.29. The highest BCUT2D eigenvalue weighted by atomic mass is 16.5. The predicted octanol–water partition coefficient (Wildman–Crippen LogP) is 6.06. The van der Waals surface area contributed by atoms with Crippen molar-refractivity contribution in [3.8, 4) is 16.9 Å². The van der Waals surface area contributed by atoms with Crippen LogP contribution in [0.5, 0.6) is 5.75 Å². The van der Waals surface area contributed by atoms with E-state index in [1.165, 1.54) is 33.4 Å². The van der Waals surface area contributed by atoms with Gasteiger partial charge in [0.1, 0.15) is 12.4 Å². The molecule has 1 aliphatic rings. The van der Waals surface area contributed by atoms with Crippen molar-refractivity contribution in [2.24, 2.45) is 0 Å². The van der Waals surface area contributed by atoms with Crippen molar-refractivity contribution >= 4 is 0 Å². The van der Waals surface area contributed by atoms with Crippen LogP contribution in [0.1, 0.15) is 22.3 Å². The monoisotopic (exact) mass is 420 g/mol. The quantitative estimate of drug-likeness (QED) is 0.379. The highest BCUT2D eigenvalue weighted by molar-refractivity contribution is 5.72. The van der Waals surface area contributed by atoms with Crippen molar-refractivity contribution in [1.82, 2.24) is 9.88 Å². The Morgan fingerprint density at radius 1 is 0.812 bits per heavy atom. The number of aromatic nitrogens is 1. The molecule has 3 heteroatoms. The van der Waals surface area contributed by atoms with Gasteiger partial charge in [-0.05, 0) is 53.3 Å². The van der Waals surface area contributed by atoms with Crippen LogP contribution < -0.4 is 4.74 Å². The Bertz CT molecular complexity index is 1130. The van der Waals surface area contributed by atoms with Gasteiger partial charge in [0.15, 0.2) is 0 Å². The molecule has 0 saturated carbocycles. The molecule has 3 nitrogen and oxygen atoms in total. The second-order valence-corrected chi connectivity index (χ2v) is 8.52. The Balaban J connectivity index is 1.47. The standard InChI is InChI=1S/C29H28N2O/c1-22-18-30-16-15-26(22)27-13-8-14-29-28(27)17-25(21-32-29)31(19-23-9-4-2-5-10-23)20-24-11-6-3-7-12-24/h2-16,18,25H,17,19-21H2,1H3/t25-/m0/s1. The highest BCUT2D eigenvalue weighted by Crippen LogP contribution is 2.36. The minimum atomic E-state index is 0.297. The molecule has 1 aliphatic heterocycles. The molecule has 0 N–H and O–H groups in total. The number of aryl methyl sites for hydroxylation is 1.